The van der Waals surface area contributed by atoms with E-state index in [1.165, 1.54) is 10.4 Å². The van der Waals surface area contributed by atoms with Crippen molar-refractivity contribution in [1.29, 1.82) is 0 Å². The van der Waals surface area contributed by atoms with Crippen LogP contribution in [0.5, 0.6) is 0 Å². The number of rotatable bonds is 6. The number of hydrogen-bond donors (Lipinski definition) is 1. The fourth-order valence-electron chi connectivity index (χ4n) is 5.05. The molecule has 2 unspecified atom stereocenters. The lowest BCUT2D eigenvalue weighted by Gasteiger charge is -2.46. The molecule has 2 aromatic rings. The van der Waals surface area contributed by atoms with Crippen LogP contribution in [-0.2, 0) is 9.16 Å². The molecule has 1 aliphatic rings. The van der Waals surface area contributed by atoms with Gasteiger partial charge in [0.25, 0.3) is 8.32 Å². The molecule has 1 aliphatic heterocycles. The molecule has 0 aliphatic carbocycles. The van der Waals surface area contributed by atoms with Gasteiger partial charge in [-0.2, -0.15) is 0 Å². The van der Waals surface area contributed by atoms with Crippen LogP contribution in [0.2, 0.25) is 5.04 Å². The Morgan fingerprint density at radius 2 is 1.50 bits per heavy atom. The number of amides is 1. The van der Waals surface area contributed by atoms with E-state index in [0.717, 1.165) is 12.8 Å². The van der Waals surface area contributed by atoms with Crippen molar-refractivity contribution in [2.24, 2.45) is 11.7 Å². The number of benzene rings is 2. The number of ether oxygens (including phenoxy) is 1. The van der Waals surface area contributed by atoms with Crippen molar-refractivity contribution in [3.05, 3.63) is 60.7 Å². The summed E-state index contributed by atoms with van der Waals surface area (Å²) in [5.74, 6) is 0.381. The maximum absolute atomic E-state index is 13.1. The monoisotopic (exact) mass is 482 g/mol. The Balaban J connectivity index is 1.99. The van der Waals surface area contributed by atoms with Crippen LogP contribution in [0.15, 0.2) is 60.7 Å². The van der Waals surface area contributed by atoms with Crippen LogP contribution in [-0.4, -0.2) is 50.6 Å². The minimum atomic E-state index is -2.69. The van der Waals surface area contributed by atoms with Crippen LogP contribution >= 0.6 is 0 Å². The minimum absolute atomic E-state index is 0.0706. The number of piperidine rings is 1. The van der Waals surface area contributed by atoms with Gasteiger partial charge >= 0.3 is 6.09 Å². The smallest absolute Gasteiger partial charge is 0.410 e. The first kappa shape index (κ1) is 26.5. The molecule has 2 aromatic carbocycles. The number of nitrogens with zero attached hydrogens (tertiary/aromatic N) is 1. The quantitative estimate of drug-likeness (QED) is 0.614. The van der Waals surface area contributed by atoms with Gasteiger partial charge in [-0.3, -0.25) is 0 Å². The van der Waals surface area contributed by atoms with Gasteiger partial charge in [-0.15, -0.1) is 0 Å². The molecule has 1 amide bonds. The van der Waals surface area contributed by atoms with Crippen LogP contribution in [0.25, 0.3) is 0 Å². The Hall–Kier alpha value is -2.15. The van der Waals surface area contributed by atoms with Crippen molar-refractivity contribution in [1.82, 2.24) is 4.90 Å². The Morgan fingerprint density at radius 1 is 0.971 bits per heavy atom. The molecule has 1 saturated heterocycles. The van der Waals surface area contributed by atoms with Gasteiger partial charge in [0.15, 0.2) is 0 Å². The maximum atomic E-state index is 13.1. The maximum Gasteiger partial charge on any atom is 0.410 e. The zero-order valence-electron chi connectivity index (χ0n) is 21.7. The van der Waals surface area contributed by atoms with Crippen molar-refractivity contribution in [2.45, 2.75) is 71.1 Å². The van der Waals surface area contributed by atoms with Crippen molar-refractivity contribution >= 4 is 24.8 Å². The van der Waals surface area contributed by atoms with Crippen molar-refractivity contribution < 1.29 is 14.0 Å². The SMILES string of the molecule is CC(C)(C)OC(=O)N1CCC(CN)CC1CO[Si](c1ccccc1)(c1ccccc1)C(C)(C)C. The van der Waals surface area contributed by atoms with E-state index in [-0.39, 0.29) is 17.2 Å². The van der Waals surface area contributed by atoms with Crippen LogP contribution in [0, 0.1) is 5.92 Å². The van der Waals surface area contributed by atoms with E-state index in [2.05, 4.69) is 69.3 Å². The highest BCUT2D eigenvalue weighted by molar-refractivity contribution is 6.99. The summed E-state index contributed by atoms with van der Waals surface area (Å²) in [5, 5.41) is 2.36. The van der Waals surface area contributed by atoms with Gasteiger partial charge in [-0.05, 0) is 61.5 Å². The Morgan fingerprint density at radius 3 is 1.94 bits per heavy atom. The summed E-state index contributed by atoms with van der Waals surface area (Å²) < 4.78 is 12.9. The Kier molecular flexibility index (Phi) is 8.27. The third-order valence-electron chi connectivity index (χ3n) is 6.69. The predicted molar refractivity (Wildman–Crippen MR) is 142 cm³/mol. The van der Waals surface area contributed by atoms with Gasteiger partial charge in [-0.25, -0.2) is 4.79 Å². The van der Waals surface area contributed by atoms with Crippen molar-refractivity contribution in [2.75, 3.05) is 19.7 Å². The molecule has 2 atom stereocenters. The van der Waals surface area contributed by atoms with E-state index < -0.39 is 13.9 Å². The van der Waals surface area contributed by atoms with Crippen LogP contribution in [0.1, 0.15) is 54.4 Å². The minimum Gasteiger partial charge on any atom is -0.444 e. The second kappa shape index (κ2) is 10.6. The molecular formula is C28H42N2O3Si. The number of carbonyl (C=O) groups excluding carboxylic acids is 1. The summed E-state index contributed by atoms with van der Waals surface area (Å²) in [5.41, 5.74) is 5.52. The first-order valence-electron chi connectivity index (χ1n) is 12.4. The van der Waals surface area contributed by atoms with Crippen LogP contribution in [0.3, 0.4) is 0 Å². The van der Waals surface area contributed by atoms with E-state index in [1.807, 2.05) is 37.8 Å². The van der Waals surface area contributed by atoms with Gasteiger partial charge in [0, 0.05) is 6.54 Å². The standard InChI is InChI=1S/C28H42N2O3Si/c1-27(2,3)33-26(31)30-18-17-22(20-29)19-23(30)21-32-34(28(4,5)6,24-13-9-7-10-14-24)25-15-11-8-12-16-25/h7-16,22-23H,17-21,29H2,1-6H3. The summed E-state index contributed by atoms with van der Waals surface area (Å²) in [6.45, 7) is 14.3. The summed E-state index contributed by atoms with van der Waals surface area (Å²) in [7, 11) is -2.69. The summed E-state index contributed by atoms with van der Waals surface area (Å²) in [6, 6.07) is 21.2. The van der Waals surface area contributed by atoms with Gasteiger partial charge in [-0.1, -0.05) is 81.4 Å². The third kappa shape index (κ3) is 5.91. The van der Waals surface area contributed by atoms with Crippen LogP contribution < -0.4 is 16.1 Å². The largest absolute Gasteiger partial charge is 0.444 e. The normalized spacial score (nSPS) is 19.7. The van der Waals surface area contributed by atoms with Gasteiger partial charge in [0.1, 0.15) is 5.60 Å². The van der Waals surface area contributed by atoms with Crippen LogP contribution in [0.4, 0.5) is 4.79 Å². The lowest BCUT2D eigenvalue weighted by Crippen LogP contribution is -2.67. The molecule has 186 valence electrons. The molecule has 0 aromatic heterocycles. The molecule has 6 heteroatoms. The van der Waals surface area contributed by atoms with Crippen molar-refractivity contribution in [3.63, 3.8) is 0 Å². The second-order valence-corrected chi connectivity index (χ2v) is 15.7. The molecule has 3 rings (SSSR count). The van der Waals surface area contributed by atoms with E-state index in [1.54, 1.807) is 0 Å². The number of nitrogens with two attached hydrogens (primary N) is 1. The highest BCUT2D eigenvalue weighted by Gasteiger charge is 2.51. The molecule has 2 N–H and O–H groups in total. The molecule has 0 saturated carbocycles. The Labute approximate surface area is 206 Å². The van der Waals surface area contributed by atoms with E-state index >= 15 is 0 Å². The van der Waals surface area contributed by atoms with E-state index in [4.69, 9.17) is 14.9 Å². The first-order valence-corrected chi connectivity index (χ1v) is 14.3. The number of carbonyl (C=O) groups is 1. The second-order valence-electron chi connectivity index (χ2n) is 11.4. The lowest BCUT2D eigenvalue weighted by atomic mass is 9.91. The van der Waals surface area contributed by atoms with E-state index in [0.29, 0.717) is 25.6 Å². The zero-order valence-corrected chi connectivity index (χ0v) is 22.7. The highest BCUT2D eigenvalue weighted by Crippen LogP contribution is 2.37. The average molecular weight is 483 g/mol. The topological polar surface area (TPSA) is 64.8 Å². The number of likely N-dealkylation sites (tertiary alicyclic amines) is 1. The zero-order chi connectivity index (χ0) is 25.0. The fraction of sp³-hybridized carbons (Fsp3) is 0.536. The molecule has 5 nitrogen and oxygen atoms in total. The van der Waals surface area contributed by atoms with Gasteiger partial charge in [0.2, 0.25) is 0 Å². The molecule has 0 bridgehead atoms. The highest BCUT2D eigenvalue weighted by atomic mass is 28.4. The summed E-state index contributed by atoms with van der Waals surface area (Å²) >= 11 is 0. The average Bonchev–Trinajstić information content (AvgIpc) is 2.78. The molecule has 1 heterocycles. The summed E-state index contributed by atoms with van der Waals surface area (Å²) in [6.07, 6.45) is 1.46. The lowest BCUT2D eigenvalue weighted by molar-refractivity contribution is -0.00276. The summed E-state index contributed by atoms with van der Waals surface area (Å²) in [4.78, 5) is 15.0. The predicted octanol–water partition coefficient (Wildman–Crippen LogP) is 4.54. The van der Waals surface area contributed by atoms with Crippen molar-refractivity contribution in [3.8, 4) is 0 Å². The molecule has 1 fully saturated rings. The Bertz CT molecular complexity index is 883. The van der Waals surface area contributed by atoms with Gasteiger partial charge < -0.3 is 19.8 Å². The molecule has 0 radical (unpaired) electrons. The first-order chi connectivity index (χ1) is 16.0. The fourth-order valence-corrected chi connectivity index (χ4v) is 9.65. The third-order valence-corrected chi connectivity index (χ3v) is 11.7. The van der Waals surface area contributed by atoms with Gasteiger partial charge in [0.05, 0.1) is 12.6 Å². The molecule has 0 spiro atoms. The molecular weight excluding hydrogens is 440 g/mol. The number of hydrogen-bond acceptors (Lipinski definition) is 4. The van der Waals surface area contributed by atoms with E-state index in [9.17, 15) is 4.79 Å². The molecule has 34 heavy (non-hydrogen) atoms.